The van der Waals surface area contributed by atoms with Gasteiger partial charge in [-0.25, -0.2) is 4.98 Å². The number of piperidine rings is 1. The third-order valence-electron chi connectivity index (χ3n) is 4.54. The molecule has 0 atom stereocenters. The first-order valence-corrected chi connectivity index (χ1v) is 8.08. The second-order valence-electron chi connectivity index (χ2n) is 6.15. The lowest BCUT2D eigenvalue weighted by molar-refractivity contribution is -0.131. The molecule has 0 saturated carbocycles. The number of carbonyl (C=O) groups is 1. The predicted octanol–water partition coefficient (Wildman–Crippen LogP) is 1.56. The summed E-state index contributed by atoms with van der Waals surface area (Å²) in [6, 6.07) is 7.28. The van der Waals surface area contributed by atoms with E-state index in [0.29, 0.717) is 25.3 Å². The van der Waals surface area contributed by atoms with Crippen molar-refractivity contribution in [2.75, 3.05) is 13.1 Å². The van der Waals surface area contributed by atoms with Crippen LogP contribution in [0.4, 0.5) is 0 Å². The fourth-order valence-corrected chi connectivity index (χ4v) is 3.25. The Morgan fingerprint density at radius 3 is 2.88 bits per heavy atom. The lowest BCUT2D eigenvalue weighted by Crippen LogP contribution is -2.38. The molecule has 3 aromatic heterocycles. The number of H-pyrrole nitrogens is 1. The maximum Gasteiger partial charge on any atom is 0.280 e. The van der Waals surface area contributed by atoms with Crippen molar-refractivity contribution in [1.82, 2.24) is 19.4 Å². The number of carbonyl (C=O) groups excluding carboxylic acids is 1. The summed E-state index contributed by atoms with van der Waals surface area (Å²) in [5.74, 6) is 0.975. The van der Waals surface area contributed by atoms with Crippen molar-refractivity contribution in [3.8, 4) is 0 Å². The molecule has 7 nitrogen and oxygen atoms in total. The summed E-state index contributed by atoms with van der Waals surface area (Å²) in [5.41, 5.74) is 1.42. The molecule has 1 aliphatic rings. The van der Waals surface area contributed by atoms with Crippen LogP contribution >= 0.6 is 0 Å². The fraction of sp³-hybridized carbons (Fsp3) is 0.353. The molecular formula is C17H18N4O3. The van der Waals surface area contributed by atoms with E-state index in [0.717, 1.165) is 24.2 Å². The van der Waals surface area contributed by atoms with Crippen LogP contribution in [0.15, 0.2) is 46.0 Å². The number of hydrogen-bond donors (Lipinski definition) is 1. The van der Waals surface area contributed by atoms with Gasteiger partial charge in [-0.1, -0.05) is 6.07 Å². The number of amides is 1. The summed E-state index contributed by atoms with van der Waals surface area (Å²) in [4.78, 5) is 30.0. The van der Waals surface area contributed by atoms with E-state index in [1.54, 1.807) is 0 Å². The second kappa shape index (κ2) is 5.99. The third kappa shape index (κ3) is 2.84. The molecule has 124 valence electrons. The van der Waals surface area contributed by atoms with E-state index in [2.05, 4.69) is 10.1 Å². The first kappa shape index (κ1) is 14.7. The largest absolute Gasteiger partial charge is 0.383 e. The molecule has 0 radical (unpaired) electrons. The van der Waals surface area contributed by atoms with Gasteiger partial charge in [0, 0.05) is 37.5 Å². The molecule has 7 heteroatoms. The van der Waals surface area contributed by atoms with Gasteiger partial charge in [-0.3, -0.25) is 9.59 Å². The van der Waals surface area contributed by atoms with Crippen LogP contribution < -0.4 is 5.56 Å². The Balaban J connectivity index is 1.38. The van der Waals surface area contributed by atoms with Gasteiger partial charge in [-0.05, 0) is 25.0 Å². The highest BCUT2D eigenvalue weighted by Gasteiger charge is 2.26. The van der Waals surface area contributed by atoms with E-state index >= 15 is 0 Å². The number of nitrogens with zero attached hydrogens (tertiary/aromatic N) is 3. The fourth-order valence-electron chi connectivity index (χ4n) is 3.25. The molecule has 0 unspecified atom stereocenters. The minimum absolute atomic E-state index is 0.0902. The molecule has 24 heavy (non-hydrogen) atoms. The normalized spacial score (nSPS) is 15.9. The number of hydrogen-bond acceptors (Lipinski definition) is 4. The summed E-state index contributed by atoms with van der Waals surface area (Å²) in [7, 11) is 0. The molecule has 0 spiro atoms. The van der Waals surface area contributed by atoms with Crippen LogP contribution in [0.25, 0.3) is 5.65 Å². The summed E-state index contributed by atoms with van der Waals surface area (Å²) in [6.45, 7) is 1.34. The van der Waals surface area contributed by atoms with Gasteiger partial charge < -0.3 is 13.8 Å². The molecule has 1 saturated heterocycles. The molecule has 0 aromatic carbocycles. The Morgan fingerprint density at radius 1 is 1.33 bits per heavy atom. The zero-order valence-electron chi connectivity index (χ0n) is 13.1. The van der Waals surface area contributed by atoms with Crippen molar-refractivity contribution < 1.29 is 9.32 Å². The summed E-state index contributed by atoms with van der Waals surface area (Å²) < 4.78 is 7.09. The number of rotatable bonds is 3. The van der Waals surface area contributed by atoms with E-state index in [-0.39, 0.29) is 17.4 Å². The first-order valence-electron chi connectivity index (χ1n) is 8.08. The number of nitrogens with one attached hydrogen (secondary N) is 1. The minimum Gasteiger partial charge on any atom is -0.383 e. The minimum atomic E-state index is -0.213. The highest BCUT2D eigenvalue weighted by atomic mass is 16.5. The zero-order valence-corrected chi connectivity index (χ0v) is 13.1. The van der Waals surface area contributed by atoms with E-state index in [4.69, 9.17) is 4.52 Å². The molecule has 0 bridgehead atoms. The van der Waals surface area contributed by atoms with E-state index in [9.17, 15) is 9.59 Å². The highest BCUT2D eigenvalue weighted by Crippen LogP contribution is 2.27. The Hall–Kier alpha value is -2.83. The summed E-state index contributed by atoms with van der Waals surface area (Å²) >= 11 is 0. The van der Waals surface area contributed by atoms with Gasteiger partial charge in [0.1, 0.15) is 11.4 Å². The van der Waals surface area contributed by atoms with Crippen molar-refractivity contribution in [3.63, 3.8) is 0 Å². The van der Waals surface area contributed by atoms with Crippen LogP contribution in [0.2, 0.25) is 0 Å². The summed E-state index contributed by atoms with van der Waals surface area (Å²) in [6.07, 6.45) is 5.74. The molecule has 4 rings (SSSR count). The molecular weight excluding hydrogens is 308 g/mol. The molecule has 1 fully saturated rings. The third-order valence-corrected chi connectivity index (χ3v) is 4.54. The van der Waals surface area contributed by atoms with Gasteiger partial charge in [0.2, 0.25) is 5.91 Å². The Bertz CT molecular complexity index is 882. The highest BCUT2D eigenvalue weighted by molar-refractivity contribution is 5.78. The number of aromatic amines is 1. The van der Waals surface area contributed by atoms with Crippen molar-refractivity contribution in [1.29, 1.82) is 0 Å². The maximum atomic E-state index is 12.5. The smallest absolute Gasteiger partial charge is 0.280 e. The van der Waals surface area contributed by atoms with Gasteiger partial charge in [0.25, 0.3) is 5.56 Å². The number of fused-ring (bicyclic) bond motifs is 1. The quantitative estimate of drug-likeness (QED) is 0.792. The average molecular weight is 326 g/mol. The van der Waals surface area contributed by atoms with Crippen LogP contribution in [0.1, 0.15) is 30.2 Å². The molecule has 3 aromatic rings. The van der Waals surface area contributed by atoms with Gasteiger partial charge in [0.05, 0.1) is 12.1 Å². The van der Waals surface area contributed by atoms with Crippen molar-refractivity contribution in [2.45, 2.75) is 25.2 Å². The Morgan fingerprint density at radius 2 is 2.17 bits per heavy atom. The molecule has 4 heterocycles. The van der Waals surface area contributed by atoms with Gasteiger partial charge in [0.15, 0.2) is 0 Å². The predicted molar refractivity (Wildman–Crippen MR) is 86.8 cm³/mol. The van der Waals surface area contributed by atoms with Gasteiger partial charge in [-0.2, -0.15) is 5.16 Å². The van der Waals surface area contributed by atoms with Crippen LogP contribution in [0, 0.1) is 0 Å². The number of aromatic nitrogens is 3. The number of likely N-dealkylation sites (tertiary alicyclic amines) is 1. The van der Waals surface area contributed by atoms with Crippen molar-refractivity contribution in [2.24, 2.45) is 0 Å². The Kier molecular flexibility index (Phi) is 3.68. The van der Waals surface area contributed by atoms with Crippen LogP contribution in [-0.2, 0) is 11.2 Å². The van der Waals surface area contributed by atoms with Crippen molar-refractivity contribution in [3.05, 3.63) is 58.5 Å². The first-order chi connectivity index (χ1) is 11.7. The lowest BCUT2D eigenvalue weighted by atomic mass is 9.94. The van der Waals surface area contributed by atoms with Crippen LogP contribution in [0.5, 0.6) is 0 Å². The molecule has 1 amide bonds. The maximum absolute atomic E-state index is 12.5. The standard InChI is InChI=1S/C17H18N4O3/c22-16-10-14(24-19-16)12-4-7-20(8-5-12)17(23)9-13-11-21-6-2-1-3-15(21)18-13/h1-3,6,10-12H,4-5,7-9H2,(H,19,22). The topological polar surface area (TPSA) is 83.6 Å². The van der Waals surface area contributed by atoms with Crippen molar-refractivity contribution >= 4 is 11.6 Å². The number of pyridine rings is 1. The van der Waals surface area contributed by atoms with E-state index in [1.165, 1.54) is 6.07 Å². The zero-order chi connectivity index (χ0) is 16.5. The van der Waals surface area contributed by atoms with Crippen LogP contribution in [-0.4, -0.2) is 38.4 Å². The van der Waals surface area contributed by atoms with Gasteiger partial charge >= 0.3 is 0 Å². The van der Waals surface area contributed by atoms with Crippen LogP contribution in [0.3, 0.4) is 0 Å². The molecule has 1 aliphatic heterocycles. The van der Waals surface area contributed by atoms with E-state index in [1.807, 2.05) is 39.9 Å². The Labute approximate surface area is 137 Å². The average Bonchev–Trinajstić information content (AvgIpc) is 3.20. The van der Waals surface area contributed by atoms with E-state index < -0.39 is 0 Å². The monoisotopic (exact) mass is 326 g/mol. The second-order valence-corrected chi connectivity index (χ2v) is 6.15. The van der Waals surface area contributed by atoms with Gasteiger partial charge in [-0.15, -0.1) is 0 Å². The molecule has 0 aliphatic carbocycles. The SMILES string of the molecule is O=C(Cc1cn2ccccc2n1)N1CCC(c2cc(=O)[nH]o2)CC1. The lowest BCUT2D eigenvalue weighted by Gasteiger charge is -2.30. The molecule has 1 N–H and O–H groups in total. The summed E-state index contributed by atoms with van der Waals surface area (Å²) in [5, 5.41) is 2.32. The number of imidazole rings is 1.